The minimum atomic E-state index is -0.0694. The first-order chi connectivity index (χ1) is 3.79. The fourth-order valence-electron chi connectivity index (χ4n) is 0.421. The van der Waals surface area contributed by atoms with Gasteiger partial charge in [-0.1, -0.05) is 11.8 Å². The Kier molecular flexibility index (Phi) is 1.53. The first kappa shape index (κ1) is 5.62. The van der Waals surface area contributed by atoms with Crippen LogP contribution in [0.2, 0.25) is 0 Å². The van der Waals surface area contributed by atoms with Gasteiger partial charge in [-0.2, -0.15) is 5.10 Å². The molecule has 0 fully saturated rings. The highest BCUT2D eigenvalue weighted by Crippen LogP contribution is 2.11. The number of nitrogens with one attached hydrogen (secondary N) is 1. The average molecular weight is 130 g/mol. The first-order valence-corrected chi connectivity index (χ1v) is 3.17. The fraction of sp³-hybridized carbons (Fsp3) is 0.500. The molecule has 0 aromatic heterocycles. The number of carbonyl (C=O) groups excluding carboxylic acids is 1. The molecule has 0 radical (unpaired) electrons. The molecule has 1 N–H and O–H groups in total. The van der Waals surface area contributed by atoms with Crippen molar-refractivity contribution >= 4 is 23.2 Å². The van der Waals surface area contributed by atoms with Gasteiger partial charge in [0.15, 0.2) is 0 Å². The van der Waals surface area contributed by atoms with Crippen molar-refractivity contribution in [3.05, 3.63) is 0 Å². The zero-order valence-electron chi connectivity index (χ0n) is 4.42. The lowest BCUT2D eigenvalue weighted by atomic mass is 10.5. The summed E-state index contributed by atoms with van der Waals surface area (Å²) in [5.74, 6) is 0. The van der Waals surface area contributed by atoms with E-state index in [1.54, 1.807) is 6.21 Å². The van der Waals surface area contributed by atoms with Crippen molar-refractivity contribution in [3.8, 4) is 0 Å². The summed E-state index contributed by atoms with van der Waals surface area (Å²) in [4.78, 5) is 10.4. The Bertz CT molecular complexity index is 134. The summed E-state index contributed by atoms with van der Waals surface area (Å²) < 4.78 is 0. The summed E-state index contributed by atoms with van der Waals surface area (Å²) in [5.41, 5.74) is 2.31. The molecule has 1 aliphatic rings. The van der Waals surface area contributed by atoms with Gasteiger partial charge in [0.1, 0.15) is 0 Å². The second kappa shape index (κ2) is 2.17. The number of hydrogen-bond acceptors (Lipinski definition) is 3. The molecule has 3 nitrogen and oxygen atoms in total. The van der Waals surface area contributed by atoms with E-state index >= 15 is 0 Å². The fourth-order valence-corrected chi connectivity index (χ4v) is 0.985. The van der Waals surface area contributed by atoms with E-state index in [9.17, 15) is 4.79 Å². The smallest absolute Gasteiger partial charge is 0.260 e. The Morgan fingerprint density at radius 2 is 2.75 bits per heavy atom. The molecule has 1 atom stereocenters. The Balaban J connectivity index is 2.54. The Hall–Kier alpha value is -0.510. The van der Waals surface area contributed by atoms with Gasteiger partial charge in [-0.05, 0) is 6.92 Å². The van der Waals surface area contributed by atoms with Crippen molar-refractivity contribution in [2.45, 2.75) is 12.2 Å². The van der Waals surface area contributed by atoms with Crippen LogP contribution in [0.4, 0.5) is 4.79 Å². The third kappa shape index (κ3) is 1.23. The summed E-state index contributed by atoms with van der Waals surface area (Å²) in [6.07, 6.45) is 1.70. The molecule has 1 amide bonds. The zero-order valence-corrected chi connectivity index (χ0v) is 5.23. The van der Waals surface area contributed by atoms with Crippen LogP contribution in [0.15, 0.2) is 5.10 Å². The van der Waals surface area contributed by atoms with Gasteiger partial charge in [0.2, 0.25) is 0 Å². The lowest BCUT2D eigenvalue weighted by molar-refractivity contribution is 0.261. The molecule has 1 unspecified atom stereocenters. The normalized spacial score (nSPS) is 27.6. The second-order valence-electron chi connectivity index (χ2n) is 1.50. The molecule has 44 valence electrons. The van der Waals surface area contributed by atoms with Gasteiger partial charge in [0.25, 0.3) is 5.24 Å². The minimum Gasteiger partial charge on any atom is -0.260 e. The lowest BCUT2D eigenvalue weighted by Crippen LogP contribution is -2.21. The summed E-state index contributed by atoms with van der Waals surface area (Å²) in [5, 5.41) is 3.75. The zero-order chi connectivity index (χ0) is 5.98. The molecule has 0 saturated heterocycles. The van der Waals surface area contributed by atoms with E-state index in [2.05, 4.69) is 10.5 Å². The molecule has 0 spiro atoms. The van der Waals surface area contributed by atoms with Gasteiger partial charge in [0.05, 0.1) is 0 Å². The van der Waals surface area contributed by atoms with E-state index in [1.807, 2.05) is 6.92 Å². The first-order valence-electron chi connectivity index (χ1n) is 2.29. The lowest BCUT2D eigenvalue weighted by Gasteiger charge is -2.07. The van der Waals surface area contributed by atoms with Gasteiger partial charge >= 0.3 is 0 Å². The van der Waals surface area contributed by atoms with Crippen LogP contribution in [0.25, 0.3) is 0 Å². The van der Waals surface area contributed by atoms with Gasteiger partial charge in [-0.3, -0.25) is 4.79 Å². The maximum atomic E-state index is 10.4. The van der Waals surface area contributed by atoms with Crippen LogP contribution in [0.3, 0.4) is 0 Å². The summed E-state index contributed by atoms with van der Waals surface area (Å²) in [6, 6.07) is 0. The molecular formula is C4H6N2OS. The van der Waals surface area contributed by atoms with Crippen LogP contribution in [0, 0.1) is 0 Å². The van der Waals surface area contributed by atoms with Crippen LogP contribution >= 0.6 is 11.8 Å². The number of carbonyl (C=O) groups is 1. The molecule has 1 aliphatic heterocycles. The van der Waals surface area contributed by atoms with Crippen molar-refractivity contribution in [1.82, 2.24) is 5.43 Å². The summed E-state index contributed by atoms with van der Waals surface area (Å²) in [7, 11) is 0. The van der Waals surface area contributed by atoms with Crippen LogP contribution in [-0.2, 0) is 0 Å². The van der Waals surface area contributed by atoms with Crippen molar-refractivity contribution in [3.63, 3.8) is 0 Å². The van der Waals surface area contributed by atoms with Crippen LogP contribution in [0.1, 0.15) is 6.92 Å². The van der Waals surface area contributed by atoms with E-state index in [0.29, 0.717) is 0 Å². The van der Waals surface area contributed by atoms with Crippen molar-refractivity contribution in [2.75, 3.05) is 0 Å². The minimum absolute atomic E-state index is 0.0694. The number of amides is 1. The molecule has 8 heavy (non-hydrogen) atoms. The molecule has 0 bridgehead atoms. The van der Waals surface area contributed by atoms with Crippen LogP contribution < -0.4 is 5.43 Å². The van der Waals surface area contributed by atoms with E-state index in [1.165, 1.54) is 11.8 Å². The largest absolute Gasteiger partial charge is 0.299 e. The summed E-state index contributed by atoms with van der Waals surface area (Å²) >= 11 is 1.24. The Labute approximate surface area is 51.5 Å². The molecule has 0 saturated carbocycles. The van der Waals surface area contributed by atoms with E-state index in [4.69, 9.17) is 0 Å². The summed E-state index contributed by atoms with van der Waals surface area (Å²) in [6.45, 7) is 1.92. The standard InChI is InChI=1S/C4H6N2OS/c1-3-2-5-6-4(7)8-3/h2-3H,1H3,(H,6,7). The number of hydrogen-bond donors (Lipinski definition) is 1. The number of rotatable bonds is 0. The van der Waals surface area contributed by atoms with Crippen molar-refractivity contribution in [2.24, 2.45) is 5.10 Å². The molecule has 0 aromatic rings. The van der Waals surface area contributed by atoms with E-state index in [0.717, 1.165) is 0 Å². The maximum absolute atomic E-state index is 10.4. The Morgan fingerprint density at radius 1 is 2.00 bits per heavy atom. The second-order valence-corrected chi connectivity index (χ2v) is 2.85. The molecular weight excluding hydrogens is 124 g/mol. The van der Waals surface area contributed by atoms with E-state index < -0.39 is 0 Å². The SMILES string of the molecule is CC1C=NNC(=O)S1. The van der Waals surface area contributed by atoms with E-state index in [-0.39, 0.29) is 10.5 Å². The maximum Gasteiger partial charge on any atom is 0.299 e. The van der Waals surface area contributed by atoms with Gasteiger partial charge in [0, 0.05) is 11.5 Å². The van der Waals surface area contributed by atoms with Gasteiger partial charge in [-0.15, -0.1) is 0 Å². The average Bonchev–Trinajstić information content (AvgIpc) is 1.64. The number of hydrazone groups is 1. The van der Waals surface area contributed by atoms with Gasteiger partial charge < -0.3 is 0 Å². The van der Waals surface area contributed by atoms with Crippen molar-refractivity contribution in [1.29, 1.82) is 0 Å². The molecule has 0 aliphatic carbocycles. The molecule has 1 heterocycles. The van der Waals surface area contributed by atoms with Crippen molar-refractivity contribution < 1.29 is 4.79 Å². The highest BCUT2D eigenvalue weighted by Gasteiger charge is 2.10. The van der Waals surface area contributed by atoms with Crippen LogP contribution in [-0.4, -0.2) is 16.7 Å². The monoisotopic (exact) mass is 130 g/mol. The quantitative estimate of drug-likeness (QED) is 0.527. The number of nitrogens with zero attached hydrogens (tertiary/aromatic N) is 1. The highest BCUT2D eigenvalue weighted by molar-refractivity contribution is 8.14. The Morgan fingerprint density at radius 3 is 3.12 bits per heavy atom. The third-order valence-electron chi connectivity index (χ3n) is 0.733. The predicted molar refractivity (Wildman–Crippen MR) is 34.1 cm³/mol. The third-order valence-corrected chi connectivity index (χ3v) is 1.53. The molecule has 4 heteroatoms. The predicted octanol–water partition coefficient (Wildman–Crippen LogP) is 0.817. The number of thioether (sulfide) groups is 1. The highest BCUT2D eigenvalue weighted by atomic mass is 32.2. The van der Waals surface area contributed by atoms with Crippen LogP contribution in [0.5, 0.6) is 0 Å². The van der Waals surface area contributed by atoms with Gasteiger partial charge in [-0.25, -0.2) is 5.43 Å². The molecule has 1 rings (SSSR count). The topological polar surface area (TPSA) is 41.5 Å². The molecule has 0 aromatic carbocycles.